The lowest BCUT2D eigenvalue weighted by molar-refractivity contribution is -0.149. The van der Waals surface area contributed by atoms with E-state index in [1.54, 1.807) is 6.26 Å². The van der Waals surface area contributed by atoms with Gasteiger partial charge in [0.05, 0.1) is 12.2 Å². The zero-order valence-corrected chi connectivity index (χ0v) is 8.37. The molecule has 3 rings (SSSR count). The summed E-state index contributed by atoms with van der Waals surface area (Å²) >= 11 is 0. The standard InChI is InChI=1S/C12H16O2/c13-12-10-6-2-4-8-3-1-5-9(7-14-12)11(8)10/h7-8,10-11H,1-6H2. The molecule has 3 atom stereocenters. The van der Waals surface area contributed by atoms with Gasteiger partial charge in [0.1, 0.15) is 0 Å². The first kappa shape index (κ1) is 8.51. The van der Waals surface area contributed by atoms with Crippen LogP contribution in [0.3, 0.4) is 0 Å². The summed E-state index contributed by atoms with van der Waals surface area (Å²) in [6.45, 7) is 0. The van der Waals surface area contributed by atoms with Crippen LogP contribution in [-0.2, 0) is 9.53 Å². The summed E-state index contributed by atoms with van der Waals surface area (Å²) in [5, 5.41) is 0. The summed E-state index contributed by atoms with van der Waals surface area (Å²) in [6, 6.07) is 0. The maximum Gasteiger partial charge on any atom is 0.314 e. The third kappa shape index (κ3) is 1.13. The second-order valence-electron chi connectivity index (χ2n) is 4.85. The highest BCUT2D eigenvalue weighted by Crippen LogP contribution is 2.48. The molecule has 2 heteroatoms. The van der Waals surface area contributed by atoms with E-state index in [1.807, 2.05) is 0 Å². The summed E-state index contributed by atoms with van der Waals surface area (Å²) < 4.78 is 5.13. The Morgan fingerprint density at radius 1 is 1.21 bits per heavy atom. The number of cyclic esters (lactones) is 1. The van der Waals surface area contributed by atoms with Crippen molar-refractivity contribution in [2.24, 2.45) is 17.8 Å². The molecule has 1 aliphatic heterocycles. The number of allylic oxidation sites excluding steroid dienone is 1. The van der Waals surface area contributed by atoms with Gasteiger partial charge in [0, 0.05) is 0 Å². The van der Waals surface area contributed by atoms with Gasteiger partial charge >= 0.3 is 5.97 Å². The molecule has 0 radical (unpaired) electrons. The summed E-state index contributed by atoms with van der Waals surface area (Å²) in [5.41, 5.74) is 1.42. The number of rotatable bonds is 0. The van der Waals surface area contributed by atoms with Crippen LogP contribution >= 0.6 is 0 Å². The van der Waals surface area contributed by atoms with Gasteiger partial charge in [0.25, 0.3) is 0 Å². The van der Waals surface area contributed by atoms with E-state index in [1.165, 1.54) is 31.3 Å². The molecule has 0 aromatic rings. The fourth-order valence-corrected chi connectivity index (χ4v) is 3.53. The predicted molar refractivity (Wildman–Crippen MR) is 52.3 cm³/mol. The van der Waals surface area contributed by atoms with Crippen LogP contribution in [0, 0.1) is 17.8 Å². The number of carbonyl (C=O) groups is 1. The van der Waals surface area contributed by atoms with Crippen LogP contribution in [-0.4, -0.2) is 5.97 Å². The van der Waals surface area contributed by atoms with Crippen LogP contribution < -0.4 is 0 Å². The normalized spacial score (nSPS) is 41.0. The first-order valence-corrected chi connectivity index (χ1v) is 5.75. The molecule has 0 aromatic carbocycles. The van der Waals surface area contributed by atoms with Crippen molar-refractivity contribution in [2.45, 2.75) is 38.5 Å². The number of ether oxygens (including phenoxy) is 1. The van der Waals surface area contributed by atoms with Crippen LogP contribution in [0.25, 0.3) is 0 Å². The highest BCUT2D eigenvalue weighted by molar-refractivity contribution is 5.75. The van der Waals surface area contributed by atoms with Gasteiger partial charge in [0.2, 0.25) is 0 Å². The monoisotopic (exact) mass is 192 g/mol. The average molecular weight is 192 g/mol. The van der Waals surface area contributed by atoms with E-state index in [0.29, 0.717) is 5.92 Å². The molecule has 14 heavy (non-hydrogen) atoms. The molecule has 2 nitrogen and oxygen atoms in total. The summed E-state index contributed by atoms with van der Waals surface area (Å²) in [5.74, 6) is 1.57. The van der Waals surface area contributed by atoms with Gasteiger partial charge in [-0.15, -0.1) is 0 Å². The van der Waals surface area contributed by atoms with E-state index >= 15 is 0 Å². The molecule has 3 aliphatic rings. The molecular formula is C12H16O2. The lowest BCUT2D eigenvalue weighted by atomic mass is 9.63. The smallest absolute Gasteiger partial charge is 0.314 e. The minimum Gasteiger partial charge on any atom is -0.434 e. The number of carbonyl (C=O) groups excluding carboxylic acids is 1. The van der Waals surface area contributed by atoms with E-state index in [-0.39, 0.29) is 11.9 Å². The molecule has 2 aliphatic carbocycles. The second-order valence-corrected chi connectivity index (χ2v) is 4.85. The molecule has 0 bridgehead atoms. The highest BCUT2D eigenvalue weighted by Gasteiger charge is 2.44. The largest absolute Gasteiger partial charge is 0.434 e. The Morgan fingerprint density at radius 2 is 2.07 bits per heavy atom. The van der Waals surface area contributed by atoms with Gasteiger partial charge in [-0.3, -0.25) is 4.79 Å². The Bertz CT molecular complexity index is 291. The van der Waals surface area contributed by atoms with Crippen molar-refractivity contribution in [3.05, 3.63) is 11.8 Å². The van der Waals surface area contributed by atoms with Crippen molar-refractivity contribution in [1.82, 2.24) is 0 Å². The molecule has 76 valence electrons. The first-order valence-electron chi connectivity index (χ1n) is 5.75. The van der Waals surface area contributed by atoms with Crippen LogP contribution in [0.5, 0.6) is 0 Å². The lowest BCUT2D eigenvalue weighted by Gasteiger charge is -2.43. The van der Waals surface area contributed by atoms with Crippen molar-refractivity contribution < 1.29 is 9.53 Å². The summed E-state index contributed by atoms with van der Waals surface area (Å²) in [7, 11) is 0. The minimum atomic E-state index is 0.0327. The third-order valence-electron chi connectivity index (χ3n) is 4.13. The van der Waals surface area contributed by atoms with Crippen molar-refractivity contribution in [3.63, 3.8) is 0 Å². The second kappa shape index (κ2) is 3.11. The Hall–Kier alpha value is -0.790. The van der Waals surface area contributed by atoms with Crippen molar-refractivity contribution in [2.75, 3.05) is 0 Å². The molecule has 0 amide bonds. The van der Waals surface area contributed by atoms with Gasteiger partial charge in [0.15, 0.2) is 0 Å². The fraction of sp³-hybridized carbons (Fsp3) is 0.750. The molecular weight excluding hydrogens is 176 g/mol. The highest BCUT2D eigenvalue weighted by atomic mass is 16.5. The topological polar surface area (TPSA) is 26.3 Å². The fourth-order valence-electron chi connectivity index (χ4n) is 3.53. The Morgan fingerprint density at radius 3 is 3.00 bits per heavy atom. The van der Waals surface area contributed by atoms with E-state index in [4.69, 9.17) is 4.74 Å². The lowest BCUT2D eigenvalue weighted by Crippen LogP contribution is -2.39. The molecule has 1 heterocycles. The maximum atomic E-state index is 11.6. The van der Waals surface area contributed by atoms with Gasteiger partial charge in [-0.2, -0.15) is 0 Å². The van der Waals surface area contributed by atoms with Crippen LogP contribution in [0.15, 0.2) is 11.8 Å². The van der Waals surface area contributed by atoms with Crippen LogP contribution in [0.4, 0.5) is 0 Å². The van der Waals surface area contributed by atoms with Crippen LogP contribution in [0.2, 0.25) is 0 Å². The third-order valence-corrected chi connectivity index (χ3v) is 4.13. The molecule has 0 aromatic heterocycles. The maximum absolute atomic E-state index is 11.6. The Labute approximate surface area is 84.3 Å². The summed E-state index contributed by atoms with van der Waals surface area (Å²) in [6.07, 6.45) is 9.12. The molecule has 0 N–H and O–H groups in total. The SMILES string of the molecule is O=C1OC=C2CCCC3CCCC1C23. The van der Waals surface area contributed by atoms with Gasteiger partial charge in [-0.05, 0) is 49.5 Å². The number of hydrogen-bond acceptors (Lipinski definition) is 2. The van der Waals surface area contributed by atoms with Gasteiger partial charge in [-0.1, -0.05) is 6.42 Å². The van der Waals surface area contributed by atoms with E-state index in [0.717, 1.165) is 18.8 Å². The number of hydrogen-bond donors (Lipinski definition) is 0. The van der Waals surface area contributed by atoms with Crippen LogP contribution in [0.1, 0.15) is 38.5 Å². The van der Waals surface area contributed by atoms with E-state index < -0.39 is 0 Å². The van der Waals surface area contributed by atoms with Crippen molar-refractivity contribution in [3.8, 4) is 0 Å². The Kier molecular flexibility index (Phi) is 1.89. The molecule has 2 fully saturated rings. The predicted octanol–water partition coefficient (Wildman–Crippen LogP) is 2.64. The van der Waals surface area contributed by atoms with Crippen molar-refractivity contribution >= 4 is 5.97 Å². The van der Waals surface area contributed by atoms with E-state index in [9.17, 15) is 4.79 Å². The molecule has 0 saturated heterocycles. The van der Waals surface area contributed by atoms with Crippen molar-refractivity contribution in [1.29, 1.82) is 0 Å². The quantitative estimate of drug-likeness (QED) is 0.551. The zero-order valence-electron chi connectivity index (χ0n) is 8.37. The molecule has 0 spiro atoms. The van der Waals surface area contributed by atoms with E-state index in [2.05, 4.69) is 0 Å². The molecule has 3 unspecified atom stereocenters. The Balaban J connectivity index is 1.96. The first-order chi connectivity index (χ1) is 6.86. The average Bonchev–Trinajstić information content (AvgIpc) is 2.24. The minimum absolute atomic E-state index is 0.0327. The zero-order chi connectivity index (χ0) is 9.54. The summed E-state index contributed by atoms with van der Waals surface area (Å²) in [4.78, 5) is 11.6. The van der Waals surface area contributed by atoms with Gasteiger partial charge in [-0.25, -0.2) is 0 Å². The number of esters is 1. The van der Waals surface area contributed by atoms with Gasteiger partial charge < -0.3 is 4.74 Å². The molecule has 2 saturated carbocycles.